The molecule has 152 valence electrons. The van der Waals surface area contributed by atoms with Gasteiger partial charge in [0.05, 0.1) is 12.8 Å². The molecule has 6 heteroatoms. The van der Waals surface area contributed by atoms with Crippen LogP contribution in [-0.2, 0) is 9.59 Å². The molecule has 0 bridgehead atoms. The molecule has 0 aliphatic carbocycles. The Balaban J connectivity index is 1.88. The topological polar surface area (TPSA) is 70.6 Å². The number of amides is 2. The van der Waals surface area contributed by atoms with E-state index < -0.39 is 0 Å². The molecule has 0 aliphatic heterocycles. The SMILES string of the molecule is CCCCCCCCCCCCCC(=O)NCC(=O)N/N=C/c1cccs1. The molecule has 1 aromatic heterocycles. The van der Waals surface area contributed by atoms with E-state index in [0.29, 0.717) is 6.42 Å². The lowest BCUT2D eigenvalue weighted by atomic mass is 10.1. The van der Waals surface area contributed by atoms with Gasteiger partial charge in [-0.25, -0.2) is 5.43 Å². The van der Waals surface area contributed by atoms with Crippen LogP contribution in [0.5, 0.6) is 0 Å². The second kappa shape index (κ2) is 16.5. The van der Waals surface area contributed by atoms with E-state index in [2.05, 4.69) is 22.8 Å². The van der Waals surface area contributed by atoms with E-state index in [1.165, 1.54) is 57.8 Å². The highest BCUT2D eigenvalue weighted by molar-refractivity contribution is 7.11. The largest absolute Gasteiger partial charge is 0.347 e. The van der Waals surface area contributed by atoms with Gasteiger partial charge in [-0.05, 0) is 17.9 Å². The van der Waals surface area contributed by atoms with E-state index in [1.807, 2.05) is 17.5 Å². The van der Waals surface area contributed by atoms with Gasteiger partial charge in [0.15, 0.2) is 0 Å². The number of hydrazone groups is 1. The van der Waals surface area contributed by atoms with Crippen molar-refractivity contribution in [2.75, 3.05) is 6.54 Å². The van der Waals surface area contributed by atoms with Gasteiger partial charge in [-0.1, -0.05) is 77.2 Å². The molecule has 1 heterocycles. The monoisotopic (exact) mass is 393 g/mol. The lowest BCUT2D eigenvalue weighted by Crippen LogP contribution is -2.34. The third-order valence-electron chi connectivity index (χ3n) is 4.38. The minimum atomic E-state index is -0.310. The molecule has 0 saturated carbocycles. The summed E-state index contributed by atoms with van der Waals surface area (Å²) in [6.45, 7) is 2.22. The Bertz CT molecular complexity index is 530. The van der Waals surface area contributed by atoms with Crippen LogP contribution in [0.3, 0.4) is 0 Å². The molecule has 0 aromatic carbocycles. The Kier molecular flexibility index (Phi) is 14.3. The molecule has 0 saturated heterocycles. The van der Waals surface area contributed by atoms with Crippen molar-refractivity contribution in [2.24, 2.45) is 5.10 Å². The van der Waals surface area contributed by atoms with Crippen LogP contribution in [0, 0.1) is 0 Å². The maximum absolute atomic E-state index is 11.7. The normalized spacial score (nSPS) is 11.0. The molecule has 5 nitrogen and oxygen atoms in total. The second-order valence-corrected chi connectivity index (χ2v) is 7.85. The highest BCUT2D eigenvalue weighted by Crippen LogP contribution is 2.11. The molecule has 0 fully saturated rings. The fourth-order valence-corrected chi connectivity index (χ4v) is 3.37. The third kappa shape index (κ3) is 14.1. The summed E-state index contributed by atoms with van der Waals surface area (Å²) in [6, 6.07) is 3.83. The molecule has 1 aromatic rings. The second-order valence-electron chi connectivity index (χ2n) is 6.87. The number of thiophene rings is 1. The molecule has 0 aliphatic rings. The number of nitrogens with zero attached hydrogens (tertiary/aromatic N) is 1. The quantitative estimate of drug-likeness (QED) is 0.235. The fraction of sp³-hybridized carbons (Fsp3) is 0.667. The van der Waals surface area contributed by atoms with Gasteiger partial charge in [-0.2, -0.15) is 5.10 Å². The van der Waals surface area contributed by atoms with Gasteiger partial charge in [0, 0.05) is 11.3 Å². The maximum atomic E-state index is 11.7. The third-order valence-corrected chi connectivity index (χ3v) is 5.18. The average Bonchev–Trinajstić information content (AvgIpc) is 3.18. The Morgan fingerprint density at radius 3 is 2.19 bits per heavy atom. The van der Waals surface area contributed by atoms with Crippen LogP contribution in [0.4, 0.5) is 0 Å². The first kappa shape index (κ1) is 23.3. The fourth-order valence-electron chi connectivity index (χ4n) is 2.79. The molecule has 27 heavy (non-hydrogen) atoms. The summed E-state index contributed by atoms with van der Waals surface area (Å²) in [5, 5.41) is 8.44. The van der Waals surface area contributed by atoms with Crippen LogP contribution in [0.1, 0.15) is 88.9 Å². The lowest BCUT2D eigenvalue weighted by Gasteiger charge is -2.05. The molecule has 0 spiro atoms. The van der Waals surface area contributed by atoms with Gasteiger partial charge >= 0.3 is 0 Å². The summed E-state index contributed by atoms with van der Waals surface area (Å²) >= 11 is 1.54. The zero-order chi connectivity index (χ0) is 19.6. The van der Waals surface area contributed by atoms with E-state index in [9.17, 15) is 9.59 Å². The Hall–Kier alpha value is -1.69. The molecule has 1 rings (SSSR count). The summed E-state index contributed by atoms with van der Waals surface area (Å²) in [7, 11) is 0. The number of hydrogen-bond acceptors (Lipinski definition) is 4. The van der Waals surface area contributed by atoms with E-state index in [-0.39, 0.29) is 18.4 Å². The van der Waals surface area contributed by atoms with Crippen molar-refractivity contribution in [1.82, 2.24) is 10.7 Å². The molecule has 0 unspecified atom stereocenters. The number of nitrogens with one attached hydrogen (secondary N) is 2. The Labute approximate surface area is 168 Å². The van der Waals surface area contributed by atoms with Crippen molar-refractivity contribution in [3.05, 3.63) is 22.4 Å². The first-order valence-electron chi connectivity index (χ1n) is 10.3. The molecular weight excluding hydrogens is 358 g/mol. The summed E-state index contributed by atoms with van der Waals surface area (Å²) in [4.78, 5) is 24.3. The van der Waals surface area contributed by atoms with E-state index >= 15 is 0 Å². The van der Waals surface area contributed by atoms with Crippen molar-refractivity contribution in [1.29, 1.82) is 0 Å². The van der Waals surface area contributed by atoms with E-state index in [4.69, 9.17) is 0 Å². The maximum Gasteiger partial charge on any atom is 0.259 e. The highest BCUT2D eigenvalue weighted by Gasteiger charge is 2.04. The zero-order valence-corrected chi connectivity index (χ0v) is 17.5. The van der Waals surface area contributed by atoms with Crippen LogP contribution in [0.25, 0.3) is 0 Å². The predicted molar refractivity (Wildman–Crippen MR) is 114 cm³/mol. The minimum Gasteiger partial charge on any atom is -0.347 e. The van der Waals surface area contributed by atoms with Crippen molar-refractivity contribution in [2.45, 2.75) is 84.0 Å². The Morgan fingerprint density at radius 2 is 1.59 bits per heavy atom. The van der Waals surface area contributed by atoms with Crippen LogP contribution in [0.15, 0.2) is 22.6 Å². The zero-order valence-electron chi connectivity index (χ0n) is 16.7. The molecule has 2 amide bonds. The van der Waals surface area contributed by atoms with Crippen molar-refractivity contribution >= 4 is 29.4 Å². The predicted octanol–water partition coefficient (Wildman–Crippen LogP) is 5.02. The average molecular weight is 394 g/mol. The minimum absolute atomic E-state index is 0.0291. The van der Waals surface area contributed by atoms with Crippen molar-refractivity contribution < 1.29 is 9.59 Å². The number of unbranched alkanes of at least 4 members (excludes halogenated alkanes) is 10. The number of hydrogen-bond donors (Lipinski definition) is 2. The standard InChI is InChI=1S/C21H35N3O2S/c1-2-3-4-5-6-7-8-9-10-11-12-15-20(25)22-18-21(26)24-23-17-19-14-13-16-27-19/h13-14,16-17H,2-12,15,18H2,1H3,(H,22,25)(H,24,26)/b23-17+. The summed E-state index contributed by atoms with van der Waals surface area (Å²) in [5.74, 6) is -0.376. The Morgan fingerprint density at radius 1 is 0.963 bits per heavy atom. The number of carbonyl (C=O) groups excluding carboxylic acids is 2. The first-order valence-corrected chi connectivity index (χ1v) is 11.2. The lowest BCUT2D eigenvalue weighted by molar-refractivity contribution is -0.126. The van der Waals surface area contributed by atoms with Gasteiger partial charge in [0.25, 0.3) is 5.91 Å². The van der Waals surface area contributed by atoms with Crippen LogP contribution in [0.2, 0.25) is 0 Å². The smallest absolute Gasteiger partial charge is 0.259 e. The number of carbonyl (C=O) groups is 2. The van der Waals surface area contributed by atoms with Crippen LogP contribution in [-0.4, -0.2) is 24.6 Å². The van der Waals surface area contributed by atoms with Crippen molar-refractivity contribution in [3.63, 3.8) is 0 Å². The summed E-state index contributed by atoms with van der Waals surface area (Å²) in [6.07, 6.45) is 16.0. The van der Waals surface area contributed by atoms with E-state index in [0.717, 1.165) is 17.7 Å². The van der Waals surface area contributed by atoms with Gasteiger partial charge in [0.2, 0.25) is 5.91 Å². The van der Waals surface area contributed by atoms with Crippen LogP contribution >= 0.6 is 11.3 Å². The summed E-state index contributed by atoms with van der Waals surface area (Å²) < 4.78 is 0. The molecular formula is C21H35N3O2S. The van der Waals surface area contributed by atoms with Gasteiger partial charge in [0.1, 0.15) is 0 Å². The van der Waals surface area contributed by atoms with Gasteiger partial charge in [-0.15, -0.1) is 11.3 Å². The van der Waals surface area contributed by atoms with Gasteiger partial charge < -0.3 is 5.32 Å². The van der Waals surface area contributed by atoms with E-state index in [1.54, 1.807) is 17.6 Å². The highest BCUT2D eigenvalue weighted by atomic mass is 32.1. The molecule has 2 N–H and O–H groups in total. The van der Waals surface area contributed by atoms with Gasteiger partial charge in [-0.3, -0.25) is 9.59 Å². The number of rotatable bonds is 16. The van der Waals surface area contributed by atoms with Crippen molar-refractivity contribution in [3.8, 4) is 0 Å². The summed E-state index contributed by atoms with van der Waals surface area (Å²) in [5.41, 5.74) is 2.41. The first-order chi connectivity index (χ1) is 13.2. The molecule has 0 atom stereocenters. The van der Waals surface area contributed by atoms with Crippen LogP contribution < -0.4 is 10.7 Å². The molecule has 0 radical (unpaired) electrons.